The summed E-state index contributed by atoms with van der Waals surface area (Å²) in [7, 11) is 1.64. The predicted octanol–water partition coefficient (Wildman–Crippen LogP) is 7.28. The molecule has 0 unspecified atom stereocenters. The number of rotatable bonds is 10. The molecule has 0 radical (unpaired) electrons. The van der Waals surface area contributed by atoms with Crippen LogP contribution in [0.5, 0.6) is 11.5 Å². The first-order chi connectivity index (χ1) is 23.6. The lowest BCUT2D eigenvalue weighted by atomic mass is 9.92. The Bertz CT molecular complexity index is 2110. The molecule has 4 N–H and O–H groups in total. The van der Waals surface area contributed by atoms with Crippen LogP contribution in [0.2, 0.25) is 0 Å². The van der Waals surface area contributed by atoms with Gasteiger partial charge in [-0.15, -0.1) is 0 Å². The number of methoxy groups -OCH3 is 1. The molecule has 3 aromatic heterocycles. The van der Waals surface area contributed by atoms with Crippen LogP contribution in [0.25, 0.3) is 16.5 Å². The van der Waals surface area contributed by atoms with E-state index in [0.29, 0.717) is 34.6 Å². The fourth-order valence-electron chi connectivity index (χ4n) is 5.23. The van der Waals surface area contributed by atoms with Crippen molar-refractivity contribution in [3.05, 3.63) is 114 Å². The number of anilines is 4. The van der Waals surface area contributed by atoms with Crippen molar-refractivity contribution in [3.63, 3.8) is 0 Å². The van der Waals surface area contributed by atoms with E-state index in [2.05, 4.69) is 51.7 Å². The van der Waals surface area contributed by atoms with Gasteiger partial charge in [0.25, 0.3) is 0 Å². The topological polar surface area (TPSA) is 148 Å². The number of amides is 2. The van der Waals surface area contributed by atoms with E-state index >= 15 is 0 Å². The molecule has 12 heteroatoms. The van der Waals surface area contributed by atoms with Crippen molar-refractivity contribution in [3.8, 4) is 17.2 Å². The summed E-state index contributed by atoms with van der Waals surface area (Å²) in [4.78, 5) is 26.2. The number of aliphatic hydroxyl groups is 1. The highest BCUT2D eigenvalue weighted by molar-refractivity contribution is 6.07. The number of aromatic nitrogens is 5. The van der Waals surface area contributed by atoms with Crippen LogP contribution in [-0.4, -0.2) is 43.0 Å². The second kappa shape index (κ2) is 14.0. The monoisotopic (exact) mass is 658 g/mol. The number of hydrogen-bond donors (Lipinski definition) is 4. The number of fused-ring (bicyclic) bond motifs is 1. The summed E-state index contributed by atoms with van der Waals surface area (Å²) >= 11 is 0. The first-order valence-electron chi connectivity index (χ1n) is 15.7. The van der Waals surface area contributed by atoms with E-state index in [1.165, 1.54) is 12.4 Å². The molecule has 3 heterocycles. The van der Waals surface area contributed by atoms with Crippen molar-refractivity contribution >= 4 is 39.9 Å². The number of hydrogen-bond acceptors (Lipinski definition) is 9. The molecule has 0 saturated carbocycles. The number of carbonyl (C=O) groups is 1. The fraction of sp³-hybridized carbons (Fsp3) is 0.216. The zero-order chi connectivity index (χ0) is 34.5. The summed E-state index contributed by atoms with van der Waals surface area (Å²) in [6.07, 6.45) is 4.73. The number of pyridine rings is 1. The molecule has 0 aliphatic rings. The van der Waals surface area contributed by atoms with Gasteiger partial charge in [0.15, 0.2) is 0 Å². The average molecular weight is 659 g/mol. The minimum absolute atomic E-state index is 0.173. The maximum absolute atomic E-state index is 13.5. The van der Waals surface area contributed by atoms with Crippen LogP contribution in [0.15, 0.2) is 91.4 Å². The minimum Gasteiger partial charge on any atom is -0.496 e. The summed E-state index contributed by atoms with van der Waals surface area (Å²) in [5.74, 6) is 3.08. The molecule has 0 atom stereocenters. The Morgan fingerprint density at radius 3 is 2.39 bits per heavy atom. The Morgan fingerprint density at radius 2 is 1.67 bits per heavy atom. The second-order valence-corrected chi connectivity index (χ2v) is 12.5. The Balaban J connectivity index is 1.18. The molecule has 0 aliphatic carbocycles. The molecule has 2 amide bonds. The van der Waals surface area contributed by atoms with Gasteiger partial charge in [0, 0.05) is 28.5 Å². The van der Waals surface area contributed by atoms with Crippen molar-refractivity contribution in [1.29, 1.82) is 0 Å². The van der Waals surface area contributed by atoms with Gasteiger partial charge in [0.1, 0.15) is 35.6 Å². The van der Waals surface area contributed by atoms with E-state index in [-0.39, 0.29) is 18.6 Å². The molecule has 0 fully saturated rings. The smallest absolute Gasteiger partial charge is 0.324 e. The number of nitrogens with zero attached hydrogens (tertiary/aromatic N) is 5. The van der Waals surface area contributed by atoms with Gasteiger partial charge < -0.3 is 25.2 Å². The Labute approximate surface area is 284 Å². The summed E-state index contributed by atoms with van der Waals surface area (Å²) in [5.41, 5.74) is 4.37. The Kier molecular flexibility index (Phi) is 9.40. The van der Waals surface area contributed by atoms with Gasteiger partial charge in [0.05, 0.1) is 48.9 Å². The van der Waals surface area contributed by atoms with Crippen molar-refractivity contribution in [2.75, 3.05) is 23.1 Å². The zero-order valence-corrected chi connectivity index (χ0v) is 28.0. The number of ether oxygens (including phenoxy) is 2. The second-order valence-electron chi connectivity index (χ2n) is 12.5. The van der Waals surface area contributed by atoms with Crippen molar-refractivity contribution in [2.45, 2.75) is 46.3 Å². The number of aryl methyl sites for hydroxylation is 1. The van der Waals surface area contributed by atoms with Crippen molar-refractivity contribution in [2.24, 2.45) is 0 Å². The Morgan fingerprint density at radius 1 is 0.878 bits per heavy atom. The summed E-state index contributed by atoms with van der Waals surface area (Å²) < 4.78 is 13.4. The van der Waals surface area contributed by atoms with Gasteiger partial charge in [-0.1, -0.05) is 45.0 Å². The predicted molar refractivity (Wildman–Crippen MR) is 190 cm³/mol. The molecular weight excluding hydrogens is 620 g/mol. The molecular formula is C37H38N8O4. The van der Waals surface area contributed by atoms with Crippen LogP contribution in [0.1, 0.15) is 43.3 Å². The molecule has 250 valence electrons. The highest BCUT2D eigenvalue weighted by Gasteiger charge is 2.22. The van der Waals surface area contributed by atoms with Gasteiger partial charge in [-0.05, 0) is 60.5 Å². The zero-order valence-electron chi connectivity index (χ0n) is 28.0. The number of nitrogens with one attached hydrogen (secondary N) is 3. The molecule has 0 spiro atoms. The maximum atomic E-state index is 13.5. The van der Waals surface area contributed by atoms with Crippen LogP contribution in [0.4, 0.5) is 27.9 Å². The molecule has 6 rings (SSSR count). The summed E-state index contributed by atoms with van der Waals surface area (Å²) in [6, 6.07) is 22.4. The third kappa shape index (κ3) is 7.60. The normalized spacial score (nSPS) is 11.3. The third-order valence-electron chi connectivity index (χ3n) is 7.82. The van der Waals surface area contributed by atoms with Crippen molar-refractivity contribution in [1.82, 2.24) is 24.7 Å². The van der Waals surface area contributed by atoms with Crippen LogP contribution in [0.3, 0.4) is 0 Å². The minimum atomic E-state index is -0.404. The van der Waals surface area contributed by atoms with E-state index in [4.69, 9.17) is 14.6 Å². The number of carbonyl (C=O) groups excluding carboxylic acids is 1. The van der Waals surface area contributed by atoms with Crippen molar-refractivity contribution < 1.29 is 19.4 Å². The summed E-state index contributed by atoms with van der Waals surface area (Å²) in [5, 5.41) is 24.9. The lowest BCUT2D eigenvalue weighted by Crippen LogP contribution is -2.21. The largest absolute Gasteiger partial charge is 0.496 e. The molecule has 6 aromatic rings. The summed E-state index contributed by atoms with van der Waals surface area (Å²) in [6.45, 7) is 8.33. The quantitative estimate of drug-likeness (QED) is 0.119. The Hall–Kier alpha value is -6.01. The highest BCUT2D eigenvalue weighted by atomic mass is 16.5. The van der Waals surface area contributed by atoms with E-state index in [0.717, 1.165) is 39.0 Å². The fourth-order valence-corrected chi connectivity index (χ4v) is 5.23. The molecule has 0 aliphatic heterocycles. The lowest BCUT2D eigenvalue weighted by molar-refractivity contribution is 0.262. The van der Waals surface area contributed by atoms with E-state index < -0.39 is 6.03 Å². The lowest BCUT2D eigenvalue weighted by Gasteiger charge is -2.15. The van der Waals surface area contributed by atoms with Gasteiger partial charge in [-0.3, -0.25) is 10.3 Å². The third-order valence-corrected chi connectivity index (χ3v) is 7.82. The van der Waals surface area contributed by atoms with Crippen LogP contribution in [-0.2, 0) is 18.6 Å². The molecule has 0 saturated heterocycles. The van der Waals surface area contributed by atoms with Crippen LogP contribution < -0.4 is 25.4 Å². The van der Waals surface area contributed by atoms with Gasteiger partial charge in [0.2, 0.25) is 0 Å². The number of urea groups is 1. The molecule has 0 bridgehead atoms. The number of aliphatic hydroxyl groups excluding tert-OH is 1. The van der Waals surface area contributed by atoms with E-state index in [9.17, 15) is 9.90 Å². The molecule has 49 heavy (non-hydrogen) atoms. The molecule has 3 aromatic carbocycles. The van der Waals surface area contributed by atoms with Gasteiger partial charge in [-0.25, -0.2) is 19.4 Å². The molecule has 12 nitrogen and oxygen atoms in total. The number of benzene rings is 3. The van der Waals surface area contributed by atoms with E-state index in [1.54, 1.807) is 18.0 Å². The van der Waals surface area contributed by atoms with Crippen LogP contribution in [0, 0.1) is 6.92 Å². The van der Waals surface area contributed by atoms with Gasteiger partial charge in [-0.2, -0.15) is 5.10 Å². The highest BCUT2D eigenvalue weighted by Crippen LogP contribution is 2.33. The first kappa shape index (κ1) is 32.9. The standard InChI is InChI=1S/C37H38N8O4/c1-23-16-26(10-12-30(23)48-5)45-35(18-32(44-45)37(2,3)4)43-36(47)41-29-11-13-31(28-9-7-6-8-27(28)29)49-22-24-14-15-38-33(17-24)42-34-20-39-25(21-46)19-40-34/h6-20,46H,21-22H2,1-5H3,(H,38,40,42)(H2,41,43,47). The first-order valence-corrected chi connectivity index (χ1v) is 15.7. The van der Waals surface area contributed by atoms with Crippen LogP contribution >= 0.6 is 0 Å². The van der Waals surface area contributed by atoms with E-state index in [1.807, 2.05) is 79.7 Å². The average Bonchev–Trinajstić information content (AvgIpc) is 3.53. The SMILES string of the molecule is COc1ccc(-n2nc(C(C)(C)C)cc2NC(=O)Nc2ccc(OCc3ccnc(Nc4cnc(CO)cn4)c3)c3ccccc23)cc1C. The van der Waals surface area contributed by atoms with Gasteiger partial charge >= 0.3 is 6.03 Å². The maximum Gasteiger partial charge on any atom is 0.324 e.